The predicted molar refractivity (Wildman–Crippen MR) is 71.6 cm³/mol. The third-order valence-corrected chi connectivity index (χ3v) is 3.81. The van der Waals surface area contributed by atoms with Gasteiger partial charge >= 0.3 is 0 Å². The summed E-state index contributed by atoms with van der Waals surface area (Å²) in [5.41, 5.74) is 13.2. The van der Waals surface area contributed by atoms with E-state index < -0.39 is 18.6 Å². The molecule has 0 aromatic heterocycles. The van der Waals surface area contributed by atoms with Crippen molar-refractivity contribution in [2.24, 2.45) is 11.5 Å². The molecule has 0 spiro atoms. The molecule has 1 aromatic rings. The zero-order chi connectivity index (χ0) is 14.1. The van der Waals surface area contributed by atoms with Crippen LogP contribution in [0.4, 0.5) is 0 Å². The van der Waals surface area contributed by atoms with Crippen molar-refractivity contribution < 1.29 is 18.9 Å². The van der Waals surface area contributed by atoms with E-state index in [0.29, 0.717) is 6.61 Å². The molecule has 2 heterocycles. The van der Waals surface area contributed by atoms with Gasteiger partial charge in [0.2, 0.25) is 0 Å². The third kappa shape index (κ3) is 2.46. The van der Waals surface area contributed by atoms with Gasteiger partial charge in [0.1, 0.15) is 12.2 Å². The van der Waals surface area contributed by atoms with Crippen LogP contribution in [0.15, 0.2) is 30.3 Å². The Morgan fingerprint density at radius 1 is 1.10 bits per heavy atom. The molecule has 0 radical (unpaired) electrons. The molecule has 0 saturated carbocycles. The first-order valence-corrected chi connectivity index (χ1v) is 6.72. The summed E-state index contributed by atoms with van der Waals surface area (Å²) in [5, 5.41) is 0. The smallest absolute Gasteiger partial charge is 0.184 e. The Hall–Kier alpha value is -1.02. The van der Waals surface area contributed by atoms with Gasteiger partial charge in [0.05, 0.1) is 18.7 Å². The number of rotatable bonds is 2. The summed E-state index contributed by atoms with van der Waals surface area (Å²) in [7, 11) is 1.55. The van der Waals surface area contributed by atoms with Gasteiger partial charge in [0, 0.05) is 12.7 Å². The van der Waals surface area contributed by atoms with Gasteiger partial charge in [-0.25, -0.2) is 0 Å². The van der Waals surface area contributed by atoms with Crippen LogP contribution in [-0.4, -0.2) is 44.3 Å². The minimum absolute atomic E-state index is 0.255. The summed E-state index contributed by atoms with van der Waals surface area (Å²) < 4.78 is 22.6. The normalized spacial score (nSPS) is 41.1. The van der Waals surface area contributed by atoms with Crippen molar-refractivity contribution in [1.29, 1.82) is 0 Å². The molecule has 1 aromatic carbocycles. The molecule has 2 aliphatic rings. The highest BCUT2D eigenvalue weighted by atomic mass is 16.7. The molecular weight excluding hydrogens is 260 g/mol. The molecule has 0 bridgehead atoms. The number of benzene rings is 1. The van der Waals surface area contributed by atoms with Crippen LogP contribution in [0.2, 0.25) is 0 Å². The molecule has 2 aliphatic heterocycles. The fourth-order valence-electron chi connectivity index (χ4n) is 2.66. The zero-order valence-electron chi connectivity index (χ0n) is 11.3. The van der Waals surface area contributed by atoms with Crippen LogP contribution >= 0.6 is 0 Å². The van der Waals surface area contributed by atoms with E-state index in [0.717, 1.165) is 5.56 Å². The third-order valence-electron chi connectivity index (χ3n) is 3.81. The predicted octanol–water partition coefficient (Wildman–Crippen LogP) is 0.127. The molecule has 0 aliphatic carbocycles. The second-order valence-electron chi connectivity index (χ2n) is 5.11. The number of methoxy groups -OCH3 is 1. The number of nitrogens with two attached hydrogens (primary N) is 2. The van der Waals surface area contributed by atoms with Crippen molar-refractivity contribution >= 4 is 0 Å². The molecule has 6 nitrogen and oxygen atoms in total. The summed E-state index contributed by atoms with van der Waals surface area (Å²) in [5.74, 6) is 0. The van der Waals surface area contributed by atoms with Crippen LogP contribution in [0.3, 0.4) is 0 Å². The van der Waals surface area contributed by atoms with Crippen molar-refractivity contribution in [3.63, 3.8) is 0 Å². The van der Waals surface area contributed by atoms with Crippen LogP contribution in [0, 0.1) is 0 Å². The molecule has 3 rings (SSSR count). The maximum Gasteiger partial charge on any atom is 0.184 e. The lowest BCUT2D eigenvalue weighted by atomic mass is 9.94. The molecule has 6 atom stereocenters. The van der Waals surface area contributed by atoms with E-state index >= 15 is 0 Å². The van der Waals surface area contributed by atoms with Gasteiger partial charge in [-0.1, -0.05) is 30.3 Å². The Morgan fingerprint density at radius 2 is 1.85 bits per heavy atom. The van der Waals surface area contributed by atoms with Gasteiger partial charge in [-0.3, -0.25) is 0 Å². The lowest BCUT2D eigenvalue weighted by Gasteiger charge is -2.47. The minimum Gasteiger partial charge on any atom is -0.354 e. The van der Waals surface area contributed by atoms with Gasteiger partial charge < -0.3 is 30.4 Å². The van der Waals surface area contributed by atoms with Crippen molar-refractivity contribution in [1.82, 2.24) is 0 Å². The molecule has 2 saturated heterocycles. The topological polar surface area (TPSA) is 89.0 Å². The number of hydrogen-bond donors (Lipinski definition) is 2. The van der Waals surface area contributed by atoms with Crippen molar-refractivity contribution in [2.45, 2.75) is 36.9 Å². The molecule has 1 unspecified atom stereocenters. The van der Waals surface area contributed by atoms with E-state index in [2.05, 4.69) is 0 Å². The number of ether oxygens (including phenoxy) is 4. The van der Waals surface area contributed by atoms with Crippen molar-refractivity contribution in [2.75, 3.05) is 13.7 Å². The Morgan fingerprint density at radius 3 is 2.55 bits per heavy atom. The Kier molecular flexibility index (Phi) is 4.02. The monoisotopic (exact) mass is 280 g/mol. The van der Waals surface area contributed by atoms with Crippen LogP contribution in [0.1, 0.15) is 11.9 Å². The highest BCUT2D eigenvalue weighted by molar-refractivity contribution is 5.16. The summed E-state index contributed by atoms with van der Waals surface area (Å²) >= 11 is 0. The van der Waals surface area contributed by atoms with Crippen LogP contribution in [-0.2, 0) is 18.9 Å². The quantitative estimate of drug-likeness (QED) is 0.800. The van der Waals surface area contributed by atoms with E-state index in [1.165, 1.54) is 0 Å². The second kappa shape index (κ2) is 5.77. The zero-order valence-corrected chi connectivity index (χ0v) is 11.3. The van der Waals surface area contributed by atoms with E-state index in [4.69, 9.17) is 30.4 Å². The molecular formula is C14H20N2O4. The fraction of sp³-hybridized carbons (Fsp3) is 0.571. The van der Waals surface area contributed by atoms with Gasteiger partial charge in [-0.2, -0.15) is 0 Å². The summed E-state index contributed by atoms with van der Waals surface area (Å²) in [4.78, 5) is 0. The fourth-order valence-corrected chi connectivity index (χ4v) is 2.66. The van der Waals surface area contributed by atoms with Gasteiger partial charge in [0.15, 0.2) is 12.6 Å². The van der Waals surface area contributed by atoms with Crippen LogP contribution < -0.4 is 11.5 Å². The number of fused-ring (bicyclic) bond motifs is 1. The van der Waals surface area contributed by atoms with Gasteiger partial charge in [0.25, 0.3) is 0 Å². The highest BCUT2D eigenvalue weighted by Gasteiger charge is 2.47. The van der Waals surface area contributed by atoms with Crippen LogP contribution in [0.25, 0.3) is 0 Å². The van der Waals surface area contributed by atoms with Gasteiger partial charge in [-0.05, 0) is 0 Å². The molecule has 0 amide bonds. The van der Waals surface area contributed by atoms with E-state index in [1.807, 2.05) is 30.3 Å². The average molecular weight is 280 g/mol. The van der Waals surface area contributed by atoms with Gasteiger partial charge in [-0.15, -0.1) is 0 Å². The van der Waals surface area contributed by atoms with E-state index in [1.54, 1.807) is 7.11 Å². The molecule has 4 N–H and O–H groups in total. The summed E-state index contributed by atoms with van der Waals surface area (Å²) in [6.07, 6.45) is -1.50. The standard InChI is InChI=1S/C14H20N2O4/c1-17-14-11(16)10(15)12-9(19-14)7-18-13(20-12)8-5-3-2-4-6-8/h2-6,9-14H,7,15-16H2,1H3/t9-,10-,11-,12-,13?,14-/m1/s1. The largest absolute Gasteiger partial charge is 0.354 e. The molecule has 20 heavy (non-hydrogen) atoms. The minimum atomic E-state index is -0.522. The first-order valence-electron chi connectivity index (χ1n) is 6.72. The van der Waals surface area contributed by atoms with Crippen molar-refractivity contribution in [3.05, 3.63) is 35.9 Å². The SMILES string of the molecule is CO[C@@H]1O[C@@H]2COC(c3ccccc3)O[C@H]2[C@H](N)[C@H]1N. The maximum atomic E-state index is 6.17. The Bertz CT molecular complexity index is 442. The van der Waals surface area contributed by atoms with Crippen molar-refractivity contribution in [3.8, 4) is 0 Å². The van der Waals surface area contributed by atoms with Crippen LogP contribution in [0.5, 0.6) is 0 Å². The molecule has 110 valence electrons. The lowest BCUT2D eigenvalue weighted by molar-refractivity contribution is -0.321. The molecule has 2 fully saturated rings. The highest BCUT2D eigenvalue weighted by Crippen LogP contribution is 2.32. The summed E-state index contributed by atoms with van der Waals surface area (Å²) in [6, 6.07) is 8.97. The maximum absolute atomic E-state index is 6.17. The van der Waals surface area contributed by atoms with E-state index in [9.17, 15) is 0 Å². The second-order valence-corrected chi connectivity index (χ2v) is 5.11. The first-order chi connectivity index (χ1) is 9.70. The summed E-state index contributed by atoms with van der Waals surface area (Å²) in [6.45, 7) is 0.407. The number of hydrogen-bond acceptors (Lipinski definition) is 6. The van der Waals surface area contributed by atoms with E-state index in [-0.39, 0.29) is 18.2 Å². The molecule has 6 heteroatoms. The Balaban J connectivity index is 1.74. The first kappa shape index (κ1) is 13.9. The Labute approximate surface area is 117 Å². The average Bonchev–Trinajstić information content (AvgIpc) is 2.51. The lowest BCUT2D eigenvalue weighted by Crippen LogP contribution is -2.67.